The number of nitrogens with zero attached hydrogens (tertiary/aromatic N) is 3. The molecule has 2 aromatic rings. The van der Waals surface area contributed by atoms with Gasteiger partial charge in [0.1, 0.15) is 12.1 Å². The molecule has 2 aliphatic rings. The van der Waals surface area contributed by atoms with E-state index in [1.165, 1.54) is 6.33 Å². The quantitative estimate of drug-likeness (QED) is 0.874. The number of methoxy groups -OCH3 is 1. The van der Waals surface area contributed by atoms with Gasteiger partial charge in [0, 0.05) is 42.6 Å². The number of carbonyl (C=O) groups excluding carboxylic acids is 1. The van der Waals surface area contributed by atoms with Gasteiger partial charge in [-0.2, -0.15) is 0 Å². The van der Waals surface area contributed by atoms with Gasteiger partial charge in [0.25, 0.3) is 5.91 Å². The molecule has 1 aromatic heterocycles. The molecule has 0 unspecified atom stereocenters. The second-order valence-electron chi connectivity index (χ2n) is 6.92. The zero-order valence-corrected chi connectivity index (χ0v) is 14.7. The van der Waals surface area contributed by atoms with Crippen molar-refractivity contribution >= 4 is 11.7 Å². The fourth-order valence-corrected chi connectivity index (χ4v) is 3.82. The molecule has 7 nitrogen and oxygen atoms in total. The lowest BCUT2D eigenvalue weighted by Gasteiger charge is -2.27. The number of fused-ring (bicyclic) bond motifs is 1. The molecule has 2 saturated heterocycles. The number of ether oxygens (including phenoxy) is 2. The molecule has 136 valence electrons. The maximum Gasteiger partial charge on any atom is 0.251 e. The molecule has 0 aliphatic carbocycles. The Bertz CT molecular complexity index is 785. The molecule has 26 heavy (non-hydrogen) atoms. The van der Waals surface area contributed by atoms with Crippen molar-refractivity contribution in [2.45, 2.75) is 0 Å². The van der Waals surface area contributed by atoms with Crippen LogP contribution < -0.4 is 15.0 Å². The molecule has 4 rings (SSSR count). The van der Waals surface area contributed by atoms with Crippen molar-refractivity contribution in [1.29, 1.82) is 0 Å². The van der Waals surface area contributed by atoms with Gasteiger partial charge in [0.2, 0.25) is 5.88 Å². The molecule has 3 heterocycles. The Balaban J connectivity index is 1.47. The summed E-state index contributed by atoms with van der Waals surface area (Å²) < 4.78 is 10.9. The monoisotopic (exact) mass is 354 g/mol. The van der Waals surface area contributed by atoms with Crippen LogP contribution in [0.4, 0.5) is 5.82 Å². The second-order valence-corrected chi connectivity index (χ2v) is 6.92. The lowest BCUT2D eigenvalue weighted by Crippen LogP contribution is -2.43. The van der Waals surface area contributed by atoms with Gasteiger partial charge < -0.3 is 19.7 Å². The first-order valence-electron chi connectivity index (χ1n) is 8.72. The molecule has 0 spiro atoms. The molecule has 2 atom stereocenters. The number of amides is 1. The molecule has 2 fully saturated rings. The van der Waals surface area contributed by atoms with Crippen LogP contribution in [-0.4, -0.2) is 55.8 Å². The Labute approximate surface area is 152 Å². The zero-order valence-electron chi connectivity index (χ0n) is 14.7. The van der Waals surface area contributed by atoms with Gasteiger partial charge in [0.05, 0.1) is 20.3 Å². The van der Waals surface area contributed by atoms with Crippen LogP contribution in [0, 0.1) is 11.3 Å². The molecule has 1 aromatic carbocycles. The first-order valence-corrected chi connectivity index (χ1v) is 8.72. The van der Waals surface area contributed by atoms with Crippen molar-refractivity contribution in [1.82, 2.24) is 15.3 Å². The van der Waals surface area contributed by atoms with Gasteiger partial charge >= 0.3 is 0 Å². The Morgan fingerprint density at radius 1 is 1.38 bits per heavy atom. The molecule has 7 heteroatoms. The van der Waals surface area contributed by atoms with Gasteiger partial charge in [-0.3, -0.25) is 4.79 Å². The standard InChI is InChI=1S/C19H22N4O3/c1-25-17-7-16(21-13-22-17)23-8-15-9-26-12-19(15,11-23)10-20-18(24)14-5-3-2-4-6-14/h2-7,13,15H,8-12H2,1H3,(H,20,24)/t15-,19+/m1/s1. The van der Waals surface area contributed by atoms with Gasteiger partial charge in [-0.1, -0.05) is 18.2 Å². The summed E-state index contributed by atoms with van der Waals surface area (Å²) in [6.45, 7) is 3.57. The molecule has 0 radical (unpaired) electrons. The van der Waals surface area contributed by atoms with E-state index in [1.54, 1.807) is 7.11 Å². The lowest BCUT2D eigenvalue weighted by molar-refractivity contribution is 0.0920. The van der Waals surface area contributed by atoms with Gasteiger partial charge in [-0.15, -0.1) is 0 Å². The van der Waals surface area contributed by atoms with E-state index < -0.39 is 0 Å². The van der Waals surface area contributed by atoms with E-state index in [-0.39, 0.29) is 11.3 Å². The van der Waals surface area contributed by atoms with E-state index in [2.05, 4.69) is 20.2 Å². The minimum absolute atomic E-state index is 0.0484. The number of aromatic nitrogens is 2. The molecule has 1 N–H and O–H groups in total. The van der Waals surface area contributed by atoms with E-state index >= 15 is 0 Å². The Kier molecular flexibility index (Phi) is 4.46. The van der Waals surface area contributed by atoms with E-state index in [0.29, 0.717) is 37.1 Å². The maximum absolute atomic E-state index is 12.4. The third-order valence-corrected chi connectivity index (χ3v) is 5.32. The minimum atomic E-state index is -0.0946. The van der Waals surface area contributed by atoms with Crippen LogP contribution in [0.15, 0.2) is 42.7 Å². The van der Waals surface area contributed by atoms with Crippen LogP contribution in [0.5, 0.6) is 5.88 Å². The number of benzene rings is 1. The third-order valence-electron chi connectivity index (χ3n) is 5.32. The SMILES string of the molecule is COc1cc(N2C[C@@H]3COC[C@]3(CNC(=O)c3ccccc3)C2)ncn1. The topological polar surface area (TPSA) is 76.6 Å². The van der Waals surface area contributed by atoms with Crippen molar-refractivity contribution in [3.63, 3.8) is 0 Å². The number of hydrogen-bond acceptors (Lipinski definition) is 6. The normalized spacial score (nSPS) is 24.3. The predicted octanol–water partition coefficient (Wildman–Crippen LogP) is 1.37. The lowest BCUT2D eigenvalue weighted by atomic mass is 9.81. The van der Waals surface area contributed by atoms with Crippen LogP contribution in [0.3, 0.4) is 0 Å². The number of hydrogen-bond donors (Lipinski definition) is 1. The summed E-state index contributed by atoms with van der Waals surface area (Å²) in [6.07, 6.45) is 1.52. The van der Waals surface area contributed by atoms with Crippen LogP contribution >= 0.6 is 0 Å². The van der Waals surface area contributed by atoms with Crippen LogP contribution in [0.25, 0.3) is 0 Å². The maximum atomic E-state index is 12.4. The van der Waals surface area contributed by atoms with Crippen molar-refractivity contribution in [3.05, 3.63) is 48.3 Å². The van der Waals surface area contributed by atoms with Gasteiger partial charge in [0.15, 0.2) is 0 Å². The summed E-state index contributed by atoms with van der Waals surface area (Å²) in [7, 11) is 1.60. The average molecular weight is 354 g/mol. The van der Waals surface area contributed by atoms with E-state index in [9.17, 15) is 4.79 Å². The molecule has 2 aliphatic heterocycles. The van der Waals surface area contributed by atoms with Crippen molar-refractivity contribution in [2.75, 3.05) is 44.9 Å². The molecular formula is C19H22N4O3. The summed E-state index contributed by atoms with van der Waals surface area (Å²) in [5, 5.41) is 3.09. The highest BCUT2D eigenvalue weighted by Crippen LogP contribution is 2.42. The largest absolute Gasteiger partial charge is 0.481 e. The second kappa shape index (κ2) is 6.92. The summed E-state index contributed by atoms with van der Waals surface area (Å²) in [5.41, 5.74) is 0.581. The van der Waals surface area contributed by atoms with Gasteiger partial charge in [-0.05, 0) is 12.1 Å². The van der Waals surface area contributed by atoms with Crippen LogP contribution in [-0.2, 0) is 4.74 Å². The molecule has 0 bridgehead atoms. The number of anilines is 1. The minimum Gasteiger partial charge on any atom is -0.481 e. The summed E-state index contributed by atoms with van der Waals surface area (Å²) in [4.78, 5) is 23.1. The van der Waals surface area contributed by atoms with Crippen LogP contribution in [0.2, 0.25) is 0 Å². The molecular weight excluding hydrogens is 332 g/mol. The highest BCUT2D eigenvalue weighted by Gasteiger charge is 2.51. The average Bonchev–Trinajstić information content (AvgIpc) is 3.24. The van der Waals surface area contributed by atoms with E-state index in [1.807, 2.05) is 36.4 Å². The Hall–Kier alpha value is -2.67. The fourth-order valence-electron chi connectivity index (χ4n) is 3.82. The first kappa shape index (κ1) is 16.8. The predicted molar refractivity (Wildman–Crippen MR) is 96.3 cm³/mol. The number of carbonyl (C=O) groups is 1. The smallest absolute Gasteiger partial charge is 0.251 e. The van der Waals surface area contributed by atoms with E-state index in [0.717, 1.165) is 18.9 Å². The van der Waals surface area contributed by atoms with E-state index in [4.69, 9.17) is 9.47 Å². The number of rotatable bonds is 5. The Morgan fingerprint density at radius 3 is 3.04 bits per heavy atom. The number of nitrogens with one attached hydrogen (secondary N) is 1. The van der Waals surface area contributed by atoms with Gasteiger partial charge in [-0.25, -0.2) is 9.97 Å². The zero-order chi connectivity index (χ0) is 18.0. The van der Waals surface area contributed by atoms with Crippen molar-refractivity contribution in [2.24, 2.45) is 11.3 Å². The Morgan fingerprint density at radius 2 is 2.23 bits per heavy atom. The highest BCUT2D eigenvalue weighted by molar-refractivity contribution is 5.94. The third kappa shape index (κ3) is 3.10. The first-order chi connectivity index (χ1) is 12.7. The summed E-state index contributed by atoms with van der Waals surface area (Å²) in [5.74, 6) is 1.71. The molecule has 1 amide bonds. The van der Waals surface area contributed by atoms with Crippen LogP contribution in [0.1, 0.15) is 10.4 Å². The fraction of sp³-hybridized carbons (Fsp3) is 0.421. The van der Waals surface area contributed by atoms with Crippen molar-refractivity contribution in [3.8, 4) is 5.88 Å². The summed E-state index contributed by atoms with van der Waals surface area (Å²) >= 11 is 0. The highest BCUT2D eigenvalue weighted by atomic mass is 16.5. The summed E-state index contributed by atoms with van der Waals surface area (Å²) in [6, 6.07) is 11.1. The van der Waals surface area contributed by atoms with Crippen molar-refractivity contribution < 1.29 is 14.3 Å². The molecule has 0 saturated carbocycles.